The van der Waals surface area contributed by atoms with Gasteiger partial charge in [-0.05, 0) is 37.4 Å². The zero-order valence-electron chi connectivity index (χ0n) is 13.7. The second kappa shape index (κ2) is 7.72. The van der Waals surface area contributed by atoms with Crippen LogP contribution in [0.1, 0.15) is 13.8 Å². The number of hydrogen-bond donors (Lipinski definition) is 1. The number of ether oxygens (including phenoxy) is 1. The molecule has 0 aliphatic carbocycles. The second-order valence-corrected chi connectivity index (χ2v) is 6.83. The molecule has 126 valence electrons. The van der Waals surface area contributed by atoms with E-state index in [2.05, 4.69) is 28.5 Å². The van der Waals surface area contributed by atoms with Gasteiger partial charge in [-0.25, -0.2) is 13.1 Å². The van der Waals surface area contributed by atoms with E-state index in [4.69, 9.17) is 4.74 Å². The lowest BCUT2D eigenvalue weighted by molar-refractivity contribution is 0.309. The van der Waals surface area contributed by atoms with E-state index in [9.17, 15) is 8.42 Å². The average Bonchev–Trinajstić information content (AvgIpc) is 2.57. The Labute approximate surface area is 137 Å². The molecule has 1 aromatic carbocycles. The highest BCUT2D eigenvalue weighted by atomic mass is 32.2. The molecule has 0 bridgehead atoms. The molecule has 2 aromatic rings. The minimum Gasteiger partial charge on any atom is -0.494 e. The smallest absolute Gasteiger partial charge is 0.241 e. The number of hydrogen-bond acceptors (Lipinski definition) is 5. The summed E-state index contributed by atoms with van der Waals surface area (Å²) < 4.78 is 33.1. The maximum atomic E-state index is 12.6. The number of pyridine rings is 1. The van der Waals surface area contributed by atoms with Crippen molar-refractivity contribution < 1.29 is 13.2 Å². The van der Waals surface area contributed by atoms with Gasteiger partial charge in [-0.3, -0.25) is 4.98 Å². The van der Waals surface area contributed by atoms with Gasteiger partial charge in [-0.2, -0.15) is 0 Å². The lowest BCUT2D eigenvalue weighted by Crippen LogP contribution is -2.34. The van der Waals surface area contributed by atoms with Gasteiger partial charge < -0.3 is 9.64 Å². The van der Waals surface area contributed by atoms with Crippen LogP contribution in [-0.2, 0) is 10.0 Å². The van der Waals surface area contributed by atoms with Crippen LogP contribution in [-0.4, -0.2) is 51.6 Å². The van der Waals surface area contributed by atoms with Gasteiger partial charge in [0.05, 0.1) is 12.0 Å². The van der Waals surface area contributed by atoms with Crippen LogP contribution in [0.2, 0.25) is 0 Å². The summed E-state index contributed by atoms with van der Waals surface area (Å²) in [7, 11) is -2.05. The van der Waals surface area contributed by atoms with Crippen molar-refractivity contribution in [3.8, 4) is 5.75 Å². The highest BCUT2D eigenvalue weighted by molar-refractivity contribution is 7.89. The monoisotopic (exact) mass is 337 g/mol. The van der Waals surface area contributed by atoms with Gasteiger partial charge >= 0.3 is 0 Å². The zero-order chi connectivity index (χ0) is 16.9. The number of likely N-dealkylation sites (N-methyl/N-ethyl adjacent to an activating group) is 1. The van der Waals surface area contributed by atoms with Crippen LogP contribution in [0.25, 0.3) is 10.9 Å². The van der Waals surface area contributed by atoms with Gasteiger partial charge in [-0.15, -0.1) is 0 Å². The van der Waals surface area contributed by atoms with Crippen LogP contribution in [0.3, 0.4) is 0 Å². The van der Waals surface area contributed by atoms with Crippen molar-refractivity contribution in [1.82, 2.24) is 14.6 Å². The van der Waals surface area contributed by atoms with Crippen LogP contribution >= 0.6 is 0 Å². The maximum absolute atomic E-state index is 12.6. The first-order chi connectivity index (χ1) is 11.0. The summed E-state index contributed by atoms with van der Waals surface area (Å²) in [6.45, 7) is 6.96. The van der Waals surface area contributed by atoms with Gasteiger partial charge in [-0.1, -0.05) is 13.8 Å². The topological polar surface area (TPSA) is 71.5 Å². The van der Waals surface area contributed by atoms with Gasteiger partial charge in [0.25, 0.3) is 0 Å². The van der Waals surface area contributed by atoms with Crippen molar-refractivity contribution >= 4 is 20.9 Å². The molecule has 0 amide bonds. The molecule has 1 aromatic heterocycles. The number of methoxy groups -OCH3 is 1. The molecular formula is C16H23N3O3S. The Bertz CT molecular complexity index is 758. The summed E-state index contributed by atoms with van der Waals surface area (Å²) in [5.74, 6) is 0.558. The lowest BCUT2D eigenvalue weighted by Gasteiger charge is -2.18. The fourth-order valence-electron chi connectivity index (χ4n) is 2.48. The molecule has 0 radical (unpaired) electrons. The molecule has 0 spiro atoms. The van der Waals surface area contributed by atoms with Gasteiger partial charge in [0.15, 0.2) is 0 Å². The number of nitrogens with zero attached hydrogens (tertiary/aromatic N) is 2. The average molecular weight is 337 g/mol. The number of aromatic nitrogens is 1. The highest BCUT2D eigenvalue weighted by Crippen LogP contribution is 2.28. The summed E-state index contributed by atoms with van der Waals surface area (Å²) in [4.78, 5) is 6.62. The van der Waals surface area contributed by atoms with Crippen LogP contribution < -0.4 is 9.46 Å². The molecule has 1 N–H and O–H groups in total. The third-order valence-corrected chi connectivity index (χ3v) is 5.34. The third kappa shape index (κ3) is 3.99. The molecular weight excluding hydrogens is 314 g/mol. The minimum absolute atomic E-state index is 0.223. The van der Waals surface area contributed by atoms with Gasteiger partial charge in [0.2, 0.25) is 10.0 Å². The first kappa shape index (κ1) is 17.7. The summed E-state index contributed by atoms with van der Waals surface area (Å²) in [6.07, 6.45) is 1.62. The molecule has 2 rings (SSSR count). The van der Waals surface area contributed by atoms with Crippen molar-refractivity contribution in [1.29, 1.82) is 0 Å². The summed E-state index contributed by atoms with van der Waals surface area (Å²) in [5.41, 5.74) is 0.543. The molecule has 7 heteroatoms. The van der Waals surface area contributed by atoms with Crippen molar-refractivity contribution in [2.24, 2.45) is 0 Å². The molecule has 0 fully saturated rings. The Morgan fingerprint density at radius 1 is 1.22 bits per heavy atom. The Hall–Kier alpha value is -1.70. The number of sulfonamides is 1. The normalized spacial score (nSPS) is 12.0. The standard InChI is InChI=1S/C16H23N3O3S/c1-4-19(5-2)12-11-18-23(20,21)15-9-8-14(22-3)16-13(15)7-6-10-17-16/h6-10,18H,4-5,11-12H2,1-3H3. The van der Waals surface area contributed by atoms with Crippen molar-refractivity contribution in [3.05, 3.63) is 30.5 Å². The molecule has 23 heavy (non-hydrogen) atoms. The van der Waals surface area contributed by atoms with Crippen molar-refractivity contribution in [2.75, 3.05) is 33.3 Å². The van der Waals surface area contributed by atoms with Crippen molar-refractivity contribution in [2.45, 2.75) is 18.7 Å². The third-order valence-electron chi connectivity index (χ3n) is 3.82. The molecule has 0 aliphatic heterocycles. The largest absolute Gasteiger partial charge is 0.494 e. The van der Waals surface area contributed by atoms with E-state index in [1.54, 1.807) is 37.6 Å². The van der Waals surface area contributed by atoms with Crippen LogP contribution in [0, 0.1) is 0 Å². The van der Waals surface area contributed by atoms with Gasteiger partial charge in [0, 0.05) is 24.7 Å². The molecule has 0 aliphatic rings. The Morgan fingerprint density at radius 3 is 2.61 bits per heavy atom. The van der Waals surface area contributed by atoms with Gasteiger partial charge in [0.1, 0.15) is 11.3 Å². The van der Waals surface area contributed by atoms with E-state index >= 15 is 0 Å². The number of nitrogens with one attached hydrogen (secondary N) is 1. The first-order valence-corrected chi connectivity index (χ1v) is 9.15. The predicted molar refractivity (Wildman–Crippen MR) is 91.3 cm³/mol. The Morgan fingerprint density at radius 2 is 1.96 bits per heavy atom. The second-order valence-electron chi connectivity index (χ2n) is 5.09. The summed E-state index contributed by atoms with van der Waals surface area (Å²) in [5, 5.41) is 0.558. The minimum atomic E-state index is -3.60. The number of rotatable bonds is 8. The summed E-state index contributed by atoms with van der Waals surface area (Å²) >= 11 is 0. The van der Waals surface area contributed by atoms with E-state index in [1.165, 1.54) is 0 Å². The quantitative estimate of drug-likeness (QED) is 0.796. The van der Waals surface area contributed by atoms with Crippen LogP contribution in [0.15, 0.2) is 35.4 Å². The lowest BCUT2D eigenvalue weighted by atomic mass is 10.2. The first-order valence-electron chi connectivity index (χ1n) is 7.67. The summed E-state index contributed by atoms with van der Waals surface area (Å²) in [6, 6.07) is 6.65. The number of fused-ring (bicyclic) bond motifs is 1. The Balaban J connectivity index is 2.28. The van der Waals surface area contributed by atoms with E-state index in [1.807, 2.05) is 0 Å². The predicted octanol–water partition coefficient (Wildman–Crippen LogP) is 1.86. The molecule has 0 atom stereocenters. The van der Waals surface area contributed by atoms with E-state index in [0.717, 1.165) is 13.1 Å². The SMILES string of the molecule is CCN(CC)CCNS(=O)(=O)c1ccc(OC)c2ncccc12. The van der Waals surface area contributed by atoms with Crippen LogP contribution in [0.4, 0.5) is 0 Å². The van der Waals surface area contributed by atoms with E-state index in [0.29, 0.717) is 29.7 Å². The highest BCUT2D eigenvalue weighted by Gasteiger charge is 2.19. The molecule has 1 heterocycles. The molecule has 6 nitrogen and oxygen atoms in total. The fourth-order valence-corrected chi connectivity index (χ4v) is 3.69. The molecule has 0 saturated carbocycles. The fraction of sp³-hybridized carbons (Fsp3) is 0.438. The van der Waals surface area contributed by atoms with E-state index in [-0.39, 0.29) is 4.90 Å². The zero-order valence-corrected chi connectivity index (χ0v) is 14.6. The van der Waals surface area contributed by atoms with E-state index < -0.39 is 10.0 Å². The Kier molecular flexibility index (Phi) is 5.92. The number of benzene rings is 1. The maximum Gasteiger partial charge on any atom is 0.241 e. The van der Waals surface area contributed by atoms with Crippen LogP contribution in [0.5, 0.6) is 5.75 Å². The van der Waals surface area contributed by atoms with Crippen molar-refractivity contribution in [3.63, 3.8) is 0 Å². The molecule has 0 saturated heterocycles. The molecule has 0 unspecified atom stereocenters.